The first kappa shape index (κ1) is 12.0. The predicted octanol–water partition coefficient (Wildman–Crippen LogP) is 2.73. The summed E-state index contributed by atoms with van der Waals surface area (Å²) in [6.07, 6.45) is -0.620. The van der Waals surface area contributed by atoms with E-state index in [1.807, 2.05) is 18.7 Å². The van der Waals surface area contributed by atoms with Crippen LogP contribution in [-0.2, 0) is 0 Å². The highest BCUT2D eigenvalue weighted by Crippen LogP contribution is 2.23. The smallest absolute Gasteiger partial charge is 0.146 e. The number of anilines is 1. The summed E-state index contributed by atoms with van der Waals surface area (Å²) >= 11 is 0. The summed E-state index contributed by atoms with van der Waals surface area (Å²) in [7, 11) is 0. The molecule has 0 bridgehead atoms. The minimum atomic E-state index is -0.620. The van der Waals surface area contributed by atoms with Gasteiger partial charge in [0.25, 0.3) is 0 Å². The molecule has 1 rings (SSSR count). The van der Waals surface area contributed by atoms with Gasteiger partial charge in [-0.3, -0.25) is 0 Å². The van der Waals surface area contributed by atoms with Gasteiger partial charge in [0, 0.05) is 13.1 Å². The van der Waals surface area contributed by atoms with E-state index in [0.29, 0.717) is 11.3 Å². The van der Waals surface area contributed by atoms with E-state index in [1.54, 1.807) is 19.1 Å². The lowest BCUT2D eigenvalue weighted by Gasteiger charge is -2.22. The number of benzene rings is 1. The molecule has 0 aliphatic heterocycles. The van der Waals surface area contributed by atoms with Gasteiger partial charge in [-0.2, -0.15) is 0 Å². The van der Waals surface area contributed by atoms with Gasteiger partial charge in [-0.25, -0.2) is 4.39 Å². The Morgan fingerprint density at radius 2 is 1.93 bits per heavy atom. The molecule has 0 saturated carbocycles. The summed E-state index contributed by atoms with van der Waals surface area (Å²) in [5.41, 5.74) is 1.22. The van der Waals surface area contributed by atoms with Gasteiger partial charge in [-0.05, 0) is 38.5 Å². The Balaban J connectivity index is 3.02. The normalized spacial score (nSPS) is 12.6. The molecule has 0 heterocycles. The zero-order valence-corrected chi connectivity index (χ0v) is 9.50. The Hall–Kier alpha value is -1.09. The highest BCUT2D eigenvalue weighted by atomic mass is 19.1. The fourth-order valence-corrected chi connectivity index (χ4v) is 1.60. The maximum absolute atomic E-state index is 13.7. The van der Waals surface area contributed by atoms with Gasteiger partial charge in [0.05, 0.1) is 11.8 Å². The zero-order valence-electron chi connectivity index (χ0n) is 9.50. The van der Waals surface area contributed by atoms with Crippen LogP contribution >= 0.6 is 0 Å². The lowest BCUT2D eigenvalue weighted by Crippen LogP contribution is -2.23. The molecule has 1 aromatic rings. The van der Waals surface area contributed by atoms with Crippen molar-refractivity contribution in [3.8, 4) is 0 Å². The first-order chi connectivity index (χ1) is 7.10. The van der Waals surface area contributed by atoms with Crippen molar-refractivity contribution in [2.45, 2.75) is 26.9 Å². The molecule has 15 heavy (non-hydrogen) atoms. The highest BCUT2D eigenvalue weighted by molar-refractivity contribution is 5.49. The van der Waals surface area contributed by atoms with Crippen molar-refractivity contribution in [2.75, 3.05) is 18.0 Å². The summed E-state index contributed by atoms with van der Waals surface area (Å²) < 4.78 is 13.7. The van der Waals surface area contributed by atoms with Gasteiger partial charge >= 0.3 is 0 Å². The number of nitrogens with zero attached hydrogens (tertiary/aromatic N) is 1. The number of hydrogen-bond donors (Lipinski definition) is 1. The second-order valence-electron chi connectivity index (χ2n) is 3.56. The van der Waals surface area contributed by atoms with Gasteiger partial charge in [0.2, 0.25) is 0 Å². The van der Waals surface area contributed by atoms with Crippen molar-refractivity contribution < 1.29 is 9.50 Å². The summed E-state index contributed by atoms with van der Waals surface area (Å²) in [6, 6.07) is 4.89. The molecule has 0 aliphatic carbocycles. The third kappa shape index (κ3) is 2.69. The van der Waals surface area contributed by atoms with Crippen LogP contribution in [0.1, 0.15) is 32.4 Å². The summed E-state index contributed by atoms with van der Waals surface area (Å²) in [5.74, 6) is -0.267. The van der Waals surface area contributed by atoms with Crippen LogP contribution in [0.15, 0.2) is 18.2 Å². The molecule has 84 valence electrons. The molecule has 0 amide bonds. The average Bonchev–Trinajstić information content (AvgIpc) is 2.21. The second kappa shape index (κ2) is 5.12. The number of halogens is 1. The lowest BCUT2D eigenvalue weighted by atomic mass is 10.1. The van der Waals surface area contributed by atoms with Crippen LogP contribution < -0.4 is 4.90 Å². The molecule has 0 saturated heterocycles. The van der Waals surface area contributed by atoms with Crippen LogP contribution in [0.3, 0.4) is 0 Å². The van der Waals surface area contributed by atoms with E-state index in [9.17, 15) is 9.50 Å². The number of aliphatic hydroxyl groups is 1. The molecule has 1 unspecified atom stereocenters. The molecule has 0 spiro atoms. The summed E-state index contributed by atoms with van der Waals surface area (Å²) in [5, 5.41) is 9.31. The second-order valence-corrected chi connectivity index (χ2v) is 3.56. The van der Waals surface area contributed by atoms with Crippen molar-refractivity contribution in [1.82, 2.24) is 0 Å². The molecule has 0 aromatic heterocycles. The van der Waals surface area contributed by atoms with Crippen molar-refractivity contribution >= 4 is 5.69 Å². The predicted molar refractivity (Wildman–Crippen MR) is 60.6 cm³/mol. The van der Waals surface area contributed by atoms with Gasteiger partial charge in [-0.1, -0.05) is 6.07 Å². The maximum atomic E-state index is 13.7. The minimum absolute atomic E-state index is 0.267. The fraction of sp³-hybridized carbons (Fsp3) is 0.500. The van der Waals surface area contributed by atoms with Crippen molar-refractivity contribution in [1.29, 1.82) is 0 Å². The summed E-state index contributed by atoms with van der Waals surface area (Å²) in [4.78, 5) is 1.95. The molecule has 1 atom stereocenters. The Labute approximate surface area is 90.3 Å². The molecule has 0 fully saturated rings. The monoisotopic (exact) mass is 211 g/mol. The third-order valence-corrected chi connectivity index (χ3v) is 2.56. The zero-order chi connectivity index (χ0) is 11.4. The molecule has 2 nitrogen and oxygen atoms in total. The SMILES string of the molecule is CCN(CC)c1ccc(C(C)O)cc1F. The molecular formula is C12H18FNO. The number of aliphatic hydroxyl groups excluding tert-OH is 1. The number of hydrogen-bond acceptors (Lipinski definition) is 2. The van der Waals surface area contributed by atoms with Gasteiger partial charge in [-0.15, -0.1) is 0 Å². The first-order valence-electron chi connectivity index (χ1n) is 5.32. The van der Waals surface area contributed by atoms with Crippen LogP contribution in [-0.4, -0.2) is 18.2 Å². The van der Waals surface area contributed by atoms with Crippen molar-refractivity contribution in [3.05, 3.63) is 29.6 Å². The Morgan fingerprint density at radius 1 is 1.33 bits per heavy atom. The molecule has 1 N–H and O–H groups in total. The van der Waals surface area contributed by atoms with Gasteiger partial charge < -0.3 is 10.0 Å². The van der Waals surface area contributed by atoms with Crippen LogP contribution in [0.2, 0.25) is 0 Å². The van der Waals surface area contributed by atoms with Crippen LogP contribution in [0.4, 0.5) is 10.1 Å². The Morgan fingerprint density at radius 3 is 2.33 bits per heavy atom. The van der Waals surface area contributed by atoms with Crippen LogP contribution in [0.25, 0.3) is 0 Å². The minimum Gasteiger partial charge on any atom is -0.389 e. The Kier molecular flexibility index (Phi) is 4.09. The molecule has 0 radical (unpaired) electrons. The van der Waals surface area contributed by atoms with Crippen LogP contribution in [0.5, 0.6) is 0 Å². The number of rotatable bonds is 4. The molecular weight excluding hydrogens is 193 g/mol. The maximum Gasteiger partial charge on any atom is 0.146 e. The molecule has 0 aliphatic rings. The van der Waals surface area contributed by atoms with Crippen molar-refractivity contribution in [3.63, 3.8) is 0 Å². The average molecular weight is 211 g/mol. The van der Waals surface area contributed by atoms with E-state index >= 15 is 0 Å². The fourth-order valence-electron chi connectivity index (χ4n) is 1.60. The lowest BCUT2D eigenvalue weighted by molar-refractivity contribution is 0.199. The van der Waals surface area contributed by atoms with E-state index in [-0.39, 0.29) is 5.82 Å². The van der Waals surface area contributed by atoms with Crippen LogP contribution in [0, 0.1) is 5.82 Å². The van der Waals surface area contributed by atoms with E-state index in [2.05, 4.69) is 0 Å². The molecule has 3 heteroatoms. The van der Waals surface area contributed by atoms with Crippen molar-refractivity contribution in [2.24, 2.45) is 0 Å². The van der Waals surface area contributed by atoms with Gasteiger partial charge in [0.1, 0.15) is 5.82 Å². The van der Waals surface area contributed by atoms with Gasteiger partial charge in [0.15, 0.2) is 0 Å². The largest absolute Gasteiger partial charge is 0.389 e. The Bertz CT molecular complexity index is 321. The standard InChI is InChI=1S/C12H18FNO/c1-4-14(5-2)12-7-6-10(9(3)15)8-11(12)13/h6-9,15H,4-5H2,1-3H3. The van der Waals surface area contributed by atoms with E-state index in [4.69, 9.17) is 0 Å². The topological polar surface area (TPSA) is 23.5 Å². The third-order valence-electron chi connectivity index (χ3n) is 2.56. The molecule has 1 aromatic carbocycles. The highest BCUT2D eigenvalue weighted by Gasteiger charge is 2.10. The summed E-state index contributed by atoms with van der Waals surface area (Å²) in [6.45, 7) is 7.17. The van der Waals surface area contributed by atoms with E-state index < -0.39 is 6.10 Å². The quantitative estimate of drug-likeness (QED) is 0.827. The van der Waals surface area contributed by atoms with E-state index in [1.165, 1.54) is 6.07 Å². The van der Waals surface area contributed by atoms with E-state index in [0.717, 1.165) is 13.1 Å². The first-order valence-corrected chi connectivity index (χ1v) is 5.32.